The minimum atomic E-state index is -0.418. The second kappa shape index (κ2) is 9.43. The van der Waals surface area contributed by atoms with E-state index < -0.39 is 11.2 Å². The molecule has 0 saturated carbocycles. The lowest BCUT2D eigenvalue weighted by molar-refractivity contribution is -0.384. The molecule has 3 atom stereocenters. The van der Waals surface area contributed by atoms with Gasteiger partial charge in [0.15, 0.2) is 6.23 Å². The van der Waals surface area contributed by atoms with Crippen molar-refractivity contribution in [3.05, 3.63) is 124 Å². The molecule has 37 heavy (non-hydrogen) atoms. The second-order valence-corrected chi connectivity index (χ2v) is 9.37. The molecule has 2 aliphatic rings. The van der Waals surface area contributed by atoms with E-state index >= 15 is 0 Å². The summed E-state index contributed by atoms with van der Waals surface area (Å²) in [5, 5.41) is 14.7. The van der Waals surface area contributed by atoms with Gasteiger partial charge >= 0.3 is 0 Å². The Morgan fingerprint density at radius 2 is 1.59 bits per heavy atom. The number of nitro benzene ring substituents is 1. The zero-order valence-electron chi connectivity index (χ0n) is 20.0. The van der Waals surface area contributed by atoms with E-state index in [1.807, 2.05) is 65.6 Å². The van der Waals surface area contributed by atoms with E-state index in [-0.39, 0.29) is 23.6 Å². The fraction of sp³-hybridized carbons (Fsp3) is 0.167. The van der Waals surface area contributed by atoms with Crippen LogP contribution in [0, 0.1) is 16.0 Å². The highest BCUT2D eigenvalue weighted by molar-refractivity contribution is 5.94. The number of non-ortho nitro benzene ring substituents is 1. The third kappa shape index (κ3) is 4.29. The summed E-state index contributed by atoms with van der Waals surface area (Å²) in [7, 11) is 0. The van der Waals surface area contributed by atoms with Gasteiger partial charge in [0.25, 0.3) is 11.6 Å². The molecule has 2 heterocycles. The Hall–Kier alpha value is -4.65. The van der Waals surface area contributed by atoms with E-state index in [9.17, 15) is 14.9 Å². The third-order valence-electron chi connectivity index (χ3n) is 7.19. The standard InChI is InChI=1S/C30H25N3O4/c34-29(21-9-5-2-6-10-21)32-18-17-25-28(31-23-12-14-24(15-13-23)33(35)36)26-19-22(20-7-3-1-4-8-20)11-16-27(26)37-30(25)32/h1-16,19,25,28,30-31H,17-18H2/t25-,28+,30+/m1/s1. The summed E-state index contributed by atoms with van der Waals surface area (Å²) in [6, 6.07) is 31.9. The Labute approximate surface area is 214 Å². The Kier molecular flexibility index (Phi) is 5.81. The van der Waals surface area contributed by atoms with Crippen LogP contribution in [0.25, 0.3) is 11.1 Å². The molecular weight excluding hydrogens is 466 g/mol. The molecule has 2 aliphatic heterocycles. The summed E-state index contributed by atoms with van der Waals surface area (Å²) >= 11 is 0. The fourth-order valence-electron chi connectivity index (χ4n) is 5.35. The molecule has 7 heteroatoms. The van der Waals surface area contributed by atoms with Crippen LogP contribution in [0.1, 0.15) is 28.4 Å². The van der Waals surface area contributed by atoms with Gasteiger partial charge in [-0.3, -0.25) is 14.9 Å². The van der Waals surface area contributed by atoms with Crippen molar-refractivity contribution >= 4 is 17.3 Å². The highest BCUT2D eigenvalue weighted by atomic mass is 16.6. The van der Waals surface area contributed by atoms with Crippen molar-refractivity contribution < 1.29 is 14.5 Å². The number of nitro groups is 1. The van der Waals surface area contributed by atoms with Crippen molar-refractivity contribution in [3.63, 3.8) is 0 Å². The minimum Gasteiger partial charge on any atom is -0.470 e. The van der Waals surface area contributed by atoms with Crippen molar-refractivity contribution in [2.45, 2.75) is 18.7 Å². The number of benzene rings is 4. The fourth-order valence-corrected chi connectivity index (χ4v) is 5.35. The average molecular weight is 492 g/mol. The monoisotopic (exact) mass is 491 g/mol. The third-order valence-corrected chi connectivity index (χ3v) is 7.19. The topological polar surface area (TPSA) is 84.7 Å². The first-order valence-corrected chi connectivity index (χ1v) is 12.3. The van der Waals surface area contributed by atoms with Gasteiger partial charge < -0.3 is 15.0 Å². The van der Waals surface area contributed by atoms with Crippen LogP contribution in [0.5, 0.6) is 5.75 Å². The number of rotatable bonds is 5. The number of likely N-dealkylation sites (tertiary alicyclic amines) is 1. The molecule has 0 aromatic heterocycles. The first kappa shape index (κ1) is 22.8. The van der Waals surface area contributed by atoms with Gasteiger partial charge in [-0.05, 0) is 53.9 Å². The number of amides is 1. The lowest BCUT2D eigenvalue weighted by Crippen LogP contribution is -2.46. The second-order valence-electron chi connectivity index (χ2n) is 9.37. The SMILES string of the molecule is O=C(c1ccccc1)N1CC[C@@H]2[C@H](Nc3ccc([N+](=O)[O-])cc3)c3cc(-c4ccccc4)ccc3O[C@@H]21. The maximum absolute atomic E-state index is 13.4. The zero-order valence-corrected chi connectivity index (χ0v) is 20.0. The van der Waals surface area contributed by atoms with Crippen molar-refractivity contribution in [1.29, 1.82) is 0 Å². The molecule has 6 rings (SSSR count). The summed E-state index contributed by atoms with van der Waals surface area (Å²) in [5.41, 5.74) is 4.65. The molecular formula is C30H25N3O4. The molecule has 1 N–H and O–H groups in total. The van der Waals surface area contributed by atoms with Gasteiger partial charge in [0, 0.05) is 41.4 Å². The summed E-state index contributed by atoms with van der Waals surface area (Å²) in [5.74, 6) is 0.682. The van der Waals surface area contributed by atoms with Crippen molar-refractivity contribution in [1.82, 2.24) is 4.90 Å². The lowest BCUT2D eigenvalue weighted by Gasteiger charge is -2.39. The highest BCUT2D eigenvalue weighted by Crippen LogP contribution is 2.47. The normalized spacial score (nSPS) is 19.9. The number of hydrogen-bond donors (Lipinski definition) is 1. The number of ether oxygens (including phenoxy) is 1. The van der Waals surface area contributed by atoms with Crippen LogP contribution in [0.3, 0.4) is 0 Å². The molecule has 1 fully saturated rings. The van der Waals surface area contributed by atoms with Gasteiger partial charge in [-0.25, -0.2) is 0 Å². The summed E-state index contributed by atoms with van der Waals surface area (Å²) in [6.07, 6.45) is 0.349. The predicted molar refractivity (Wildman–Crippen MR) is 141 cm³/mol. The number of carbonyl (C=O) groups is 1. The van der Waals surface area contributed by atoms with E-state index in [1.165, 1.54) is 12.1 Å². The molecule has 0 spiro atoms. The number of carbonyl (C=O) groups excluding carboxylic acids is 1. The lowest BCUT2D eigenvalue weighted by atomic mass is 9.86. The van der Waals surface area contributed by atoms with E-state index in [4.69, 9.17) is 4.74 Å². The van der Waals surface area contributed by atoms with Gasteiger partial charge in [0.05, 0.1) is 11.0 Å². The number of nitrogens with one attached hydrogen (secondary N) is 1. The molecule has 0 bridgehead atoms. The number of fused-ring (bicyclic) bond motifs is 2. The van der Waals surface area contributed by atoms with Crippen molar-refractivity contribution in [2.75, 3.05) is 11.9 Å². The molecule has 7 nitrogen and oxygen atoms in total. The van der Waals surface area contributed by atoms with Gasteiger partial charge in [0.1, 0.15) is 5.75 Å². The van der Waals surface area contributed by atoms with Crippen LogP contribution >= 0.6 is 0 Å². The minimum absolute atomic E-state index is 0.00128. The van der Waals surface area contributed by atoms with Crippen molar-refractivity contribution in [2.24, 2.45) is 5.92 Å². The van der Waals surface area contributed by atoms with Crippen molar-refractivity contribution in [3.8, 4) is 16.9 Å². The summed E-state index contributed by atoms with van der Waals surface area (Å²) < 4.78 is 6.50. The number of hydrogen-bond acceptors (Lipinski definition) is 5. The van der Waals surface area contributed by atoms with Gasteiger partial charge in [-0.1, -0.05) is 54.6 Å². The van der Waals surface area contributed by atoms with Gasteiger partial charge in [-0.15, -0.1) is 0 Å². The van der Waals surface area contributed by atoms with Crippen LogP contribution < -0.4 is 10.1 Å². The first-order valence-electron chi connectivity index (χ1n) is 12.3. The molecule has 4 aromatic carbocycles. The summed E-state index contributed by atoms with van der Waals surface area (Å²) in [4.78, 5) is 25.9. The van der Waals surface area contributed by atoms with Crippen LogP contribution in [-0.4, -0.2) is 28.5 Å². The van der Waals surface area contributed by atoms with Gasteiger partial charge in [0.2, 0.25) is 0 Å². The molecule has 0 aliphatic carbocycles. The number of nitrogens with zero attached hydrogens (tertiary/aromatic N) is 2. The van der Waals surface area contributed by atoms with Crippen LogP contribution in [0.2, 0.25) is 0 Å². The quantitative estimate of drug-likeness (QED) is 0.262. The largest absolute Gasteiger partial charge is 0.470 e. The molecule has 0 radical (unpaired) electrons. The van der Waals surface area contributed by atoms with E-state index in [2.05, 4.69) is 23.5 Å². The number of anilines is 1. The molecule has 184 valence electrons. The highest BCUT2D eigenvalue weighted by Gasteiger charge is 2.47. The molecule has 1 amide bonds. The molecule has 4 aromatic rings. The predicted octanol–water partition coefficient (Wildman–Crippen LogP) is 6.30. The van der Waals surface area contributed by atoms with Crippen LogP contribution in [0.15, 0.2) is 103 Å². The molecule has 1 saturated heterocycles. The van der Waals surface area contributed by atoms with Gasteiger partial charge in [-0.2, -0.15) is 0 Å². The van der Waals surface area contributed by atoms with E-state index in [0.29, 0.717) is 12.1 Å². The Morgan fingerprint density at radius 1 is 0.892 bits per heavy atom. The average Bonchev–Trinajstić information content (AvgIpc) is 3.37. The van der Waals surface area contributed by atoms with E-state index in [0.717, 1.165) is 34.5 Å². The van der Waals surface area contributed by atoms with Crippen LogP contribution in [-0.2, 0) is 0 Å². The first-order chi connectivity index (χ1) is 18.1. The summed E-state index contributed by atoms with van der Waals surface area (Å²) in [6.45, 7) is 0.584. The van der Waals surface area contributed by atoms with E-state index in [1.54, 1.807) is 12.1 Å². The van der Waals surface area contributed by atoms with Crippen LogP contribution in [0.4, 0.5) is 11.4 Å². The zero-order chi connectivity index (χ0) is 25.4. The maximum Gasteiger partial charge on any atom is 0.269 e. The molecule has 0 unspecified atom stereocenters. The Morgan fingerprint density at radius 3 is 2.30 bits per heavy atom. The maximum atomic E-state index is 13.4. The Balaban J connectivity index is 1.38. The smallest absolute Gasteiger partial charge is 0.269 e. The Bertz CT molecular complexity index is 1440.